The zero-order chi connectivity index (χ0) is 16.1. The van der Waals surface area contributed by atoms with Crippen LogP contribution in [-0.4, -0.2) is 30.4 Å². The van der Waals surface area contributed by atoms with E-state index in [1.807, 2.05) is 24.3 Å². The van der Waals surface area contributed by atoms with E-state index in [9.17, 15) is 4.79 Å². The molecule has 4 nitrogen and oxygen atoms in total. The predicted octanol–water partition coefficient (Wildman–Crippen LogP) is 2.84. The maximum Gasteiger partial charge on any atom is 0.251 e. The van der Waals surface area contributed by atoms with E-state index in [0.717, 1.165) is 25.2 Å². The van der Waals surface area contributed by atoms with Gasteiger partial charge >= 0.3 is 0 Å². The van der Waals surface area contributed by atoms with E-state index in [-0.39, 0.29) is 11.9 Å². The molecule has 1 atom stereocenters. The SMILES string of the molecule is Nc1cccc(C(=O)NC(CN2CCCC2)c2ccccc2)c1. The molecule has 2 aromatic carbocycles. The van der Waals surface area contributed by atoms with Crippen LogP contribution in [0.15, 0.2) is 54.6 Å². The second-order valence-electron chi connectivity index (χ2n) is 6.07. The van der Waals surface area contributed by atoms with Crippen LogP contribution in [0.25, 0.3) is 0 Å². The fraction of sp³-hybridized carbons (Fsp3) is 0.316. The van der Waals surface area contributed by atoms with Crippen LogP contribution in [0.5, 0.6) is 0 Å². The van der Waals surface area contributed by atoms with Gasteiger partial charge in [0, 0.05) is 17.8 Å². The highest BCUT2D eigenvalue weighted by molar-refractivity contribution is 5.95. The van der Waals surface area contributed by atoms with E-state index in [1.54, 1.807) is 18.2 Å². The molecule has 1 fully saturated rings. The van der Waals surface area contributed by atoms with Crippen molar-refractivity contribution in [2.24, 2.45) is 0 Å². The van der Waals surface area contributed by atoms with Gasteiger partial charge in [-0.2, -0.15) is 0 Å². The van der Waals surface area contributed by atoms with Crippen molar-refractivity contribution in [3.05, 3.63) is 65.7 Å². The van der Waals surface area contributed by atoms with Crippen molar-refractivity contribution in [2.75, 3.05) is 25.4 Å². The largest absolute Gasteiger partial charge is 0.399 e. The zero-order valence-corrected chi connectivity index (χ0v) is 13.2. The second kappa shape index (κ2) is 7.29. The van der Waals surface area contributed by atoms with Crippen molar-refractivity contribution in [1.82, 2.24) is 10.2 Å². The van der Waals surface area contributed by atoms with Crippen molar-refractivity contribution >= 4 is 11.6 Å². The van der Waals surface area contributed by atoms with Crippen molar-refractivity contribution in [3.8, 4) is 0 Å². The third kappa shape index (κ3) is 4.11. The third-order valence-corrected chi connectivity index (χ3v) is 4.30. The van der Waals surface area contributed by atoms with Crippen LogP contribution in [0, 0.1) is 0 Å². The number of nitrogens with one attached hydrogen (secondary N) is 1. The molecular formula is C19H23N3O. The molecular weight excluding hydrogens is 286 g/mol. The first kappa shape index (κ1) is 15.6. The summed E-state index contributed by atoms with van der Waals surface area (Å²) in [5.74, 6) is -0.0784. The summed E-state index contributed by atoms with van der Waals surface area (Å²) in [7, 11) is 0. The van der Waals surface area contributed by atoms with Crippen LogP contribution in [0.3, 0.4) is 0 Å². The molecule has 1 heterocycles. The first-order chi connectivity index (χ1) is 11.2. The number of nitrogen functional groups attached to an aromatic ring is 1. The quantitative estimate of drug-likeness (QED) is 0.835. The minimum Gasteiger partial charge on any atom is -0.399 e. The standard InChI is InChI=1S/C19H23N3O/c20-17-10-6-9-16(13-17)19(23)21-18(14-22-11-4-5-12-22)15-7-2-1-3-8-15/h1-3,6-10,13,18H,4-5,11-12,14,20H2,(H,21,23). The summed E-state index contributed by atoms with van der Waals surface area (Å²) >= 11 is 0. The first-order valence-corrected chi connectivity index (χ1v) is 8.16. The molecule has 120 valence electrons. The molecule has 3 rings (SSSR count). The highest BCUT2D eigenvalue weighted by Gasteiger charge is 2.21. The Morgan fingerprint density at radius 1 is 1.09 bits per heavy atom. The van der Waals surface area contributed by atoms with Crippen LogP contribution >= 0.6 is 0 Å². The molecule has 2 aromatic rings. The Labute approximate surface area is 137 Å². The molecule has 0 aromatic heterocycles. The summed E-state index contributed by atoms with van der Waals surface area (Å²) in [6, 6.07) is 17.3. The van der Waals surface area contributed by atoms with Crippen LogP contribution < -0.4 is 11.1 Å². The fourth-order valence-corrected chi connectivity index (χ4v) is 3.06. The highest BCUT2D eigenvalue weighted by atomic mass is 16.1. The topological polar surface area (TPSA) is 58.4 Å². The number of likely N-dealkylation sites (tertiary alicyclic amines) is 1. The molecule has 1 amide bonds. The predicted molar refractivity (Wildman–Crippen MR) is 93.2 cm³/mol. The van der Waals surface area contributed by atoms with Crippen LogP contribution in [-0.2, 0) is 0 Å². The van der Waals surface area contributed by atoms with E-state index < -0.39 is 0 Å². The van der Waals surface area contributed by atoms with Crippen LogP contribution in [0.1, 0.15) is 34.8 Å². The van der Waals surface area contributed by atoms with E-state index in [2.05, 4.69) is 22.3 Å². The average molecular weight is 309 g/mol. The number of amides is 1. The van der Waals surface area contributed by atoms with Gasteiger partial charge in [-0.05, 0) is 49.7 Å². The van der Waals surface area contributed by atoms with Gasteiger partial charge in [-0.25, -0.2) is 0 Å². The highest BCUT2D eigenvalue weighted by Crippen LogP contribution is 2.18. The number of rotatable bonds is 5. The Bertz CT molecular complexity index is 651. The molecule has 4 heteroatoms. The van der Waals surface area contributed by atoms with Crippen molar-refractivity contribution in [3.63, 3.8) is 0 Å². The molecule has 0 saturated carbocycles. The molecule has 0 bridgehead atoms. The molecule has 1 unspecified atom stereocenters. The summed E-state index contributed by atoms with van der Waals surface area (Å²) in [6.45, 7) is 3.06. The van der Waals surface area contributed by atoms with Gasteiger partial charge in [0.25, 0.3) is 5.91 Å². The maximum atomic E-state index is 12.6. The Morgan fingerprint density at radius 3 is 2.52 bits per heavy atom. The number of nitrogens with two attached hydrogens (primary N) is 1. The van der Waals surface area contributed by atoms with Gasteiger partial charge in [-0.3, -0.25) is 4.79 Å². The van der Waals surface area contributed by atoms with E-state index in [4.69, 9.17) is 5.73 Å². The Hall–Kier alpha value is -2.33. The number of nitrogens with zero attached hydrogens (tertiary/aromatic N) is 1. The van der Waals surface area contributed by atoms with Crippen LogP contribution in [0.4, 0.5) is 5.69 Å². The molecule has 1 saturated heterocycles. The fourth-order valence-electron chi connectivity index (χ4n) is 3.06. The maximum absolute atomic E-state index is 12.6. The number of benzene rings is 2. The summed E-state index contributed by atoms with van der Waals surface area (Å²) in [5.41, 5.74) is 8.13. The van der Waals surface area contributed by atoms with Gasteiger partial charge in [0.15, 0.2) is 0 Å². The zero-order valence-electron chi connectivity index (χ0n) is 13.2. The molecule has 1 aliphatic heterocycles. The number of anilines is 1. The summed E-state index contributed by atoms with van der Waals surface area (Å²) in [5, 5.41) is 3.17. The van der Waals surface area contributed by atoms with Gasteiger partial charge in [0.1, 0.15) is 0 Å². The molecule has 23 heavy (non-hydrogen) atoms. The van der Waals surface area contributed by atoms with Gasteiger partial charge < -0.3 is 16.0 Å². The minimum atomic E-state index is -0.0784. The molecule has 1 aliphatic rings. The Balaban J connectivity index is 1.76. The number of hydrogen-bond donors (Lipinski definition) is 2. The smallest absolute Gasteiger partial charge is 0.251 e. The normalized spacial score (nSPS) is 16.2. The minimum absolute atomic E-state index is 0.0109. The van der Waals surface area contributed by atoms with Gasteiger partial charge in [-0.15, -0.1) is 0 Å². The lowest BCUT2D eigenvalue weighted by Gasteiger charge is -2.25. The molecule has 0 spiro atoms. The van der Waals surface area contributed by atoms with E-state index >= 15 is 0 Å². The summed E-state index contributed by atoms with van der Waals surface area (Å²) in [6.07, 6.45) is 2.48. The molecule has 0 radical (unpaired) electrons. The third-order valence-electron chi connectivity index (χ3n) is 4.30. The lowest BCUT2D eigenvalue weighted by Crippen LogP contribution is -2.37. The summed E-state index contributed by atoms with van der Waals surface area (Å²) in [4.78, 5) is 15.0. The first-order valence-electron chi connectivity index (χ1n) is 8.16. The van der Waals surface area contributed by atoms with Gasteiger partial charge in [0.05, 0.1) is 6.04 Å². The average Bonchev–Trinajstić information content (AvgIpc) is 3.08. The lowest BCUT2D eigenvalue weighted by molar-refractivity contribution is 0.0927. The van der Waals surface area contributed by atoms with Crippen molar-refractivity contribution in [2.45, 2.75) is 18.9 Å². The number of hydrogen-bond acceptors (Lipinski definition) is 3. The Kier molecular flexibility index (Phi) is 4.93. The number of carbonyl (C=O) groups excluding carboxylic acids is 1. The second-order valence-corrected chi connectivity index (χ2v) is 6.07. The Morgan fingerprint density at radius 2 is 1.83 bits per heavy atom. The van der Waals surface area contributed by atoms with Crippen molar-refractivity contribution < 1.29 is 4.79 Å². The lowest BCUT2D eigenvalue weighted by atomic mass is 10.1. The van der Waals surface area contributed by atoms with E-state index in [1.165, 1.54) is 12.8 Å². The molecule has 0 aliphatic carbocycles. The monoisotopic (exact) mass is 309 g/mol. The number of carbonyl (C=O) groups is 1. The molecule has 3 N–H and O–H groups in total. The van der Waals surface area contributed by atoms with Crippen LogP contribution in [0.2, 0.25) is 0 Å². The van der Waals surface area contributed by atoms with Crippen molar-refractivity contribution in [1.29, 1.82) is 0 Å². The van der Waals surface area contributed by atoms with E-state index in [0.29, 0.717) is 11.3 Å². The van der Waals surface area contributed by atoms with Gasteiger partial charge in [0.2, 0.25) is 0 Å². The van der Waals surface area contributed by atoms with Gasteiger partial charge in [-0.1, -0.05) is 36.4 Å². The summed E-state index contributed by atoms with van der Waals surface area (Å²) < 4.78 is 0.